The Kier molecular flexibility index (Phi) is 5.53. The Labute approximate surface area is 171 Å². The maximum Gasteiger partial charge on any atom is 0.244 e. The van der Waals surface area contributed by atoms with E-state index in [1.165, 1.54) is 25.3 Å². The summed E-state index contributed by atoms with van der Waals surface area (Å²) in [5, 5.41) is 12.8. The Hall–Kier alpha value is -3.26. The van der Waals surface area contributed by atoms with Gasteiger partial charge in [0.25, 0.3) is 0 Å². The number of rotatable bonds is 6. The lowest BCUT2D eigenvalue weighted by Gasteiger charge is -2.12. The number of ether oxygens (including phenoxy) is 2. The van der Waals surface area contributed by atoms with Gasteiger partial charge in [0.05, 0.1) is 19.3 Å². The summed E-state index contributed by atoms with van der Waals surface area (Å²) in [6.07, 6.45) is 3.47. The molecule has 1 amide bonds. The van der Waals surface area contributed by atoms with Crippen LogP contribution in [0.4, 0.5) is 4.39 Å². The molecule has 1 N–H and O–H groups in total. The Bertz CT molecular complexity index is 1040. The molecule has 148 valence electrons. The molecule has 0 fully saturated rings. The molecular weight excluding hydrogens is 393 g/mol. The number of carbonyl (C=O) groups excluding carboxylic acids is 1. The molecule has 0 radical (unpaired) electrons. The molecular formula is C21H18FN3O3S. The first-order chi connectivity index (χ1) is 14.1. The molecule has 8 heteroatoms. The van der Waals surface area contributed by atoms with Crippen LogP contribution in [0.25, 0.3) is 17.3 Å². The van der Waals surface area contributed by atoms with E-state index in [2.05, 4.69) is 15.5 Å². The highest BCUT2D eigenvalue weighted by atomic mass is 32.1. The van der Waals surface area contributed by atoms with Crippen molar-refractivity contribution in [1.82, 2.24) is 15.5 Å². The molecule has 0 spiro atoms. The van der Waals surface area contributed by atoms with Crippen LogP contribution in [0.5, 0.6) is 11.6 Å². The second kappa shape index (κ2) is 8.40. The van der Waals surface area contributed by atoms with Gasteiger partial charge >= 0.3 is 0 Å². The largest absolute Gasteiger partial charge is 0.487 e. The van der Waals surface area contributed by atoms with Crippen molar-refractivity contribution < 1.29 is 18.7 Å². The van der Waals surface area contributed by atoms with Crippen molar-refractivity contribution in [1.29, 1.82) is 0 Å². The zero-order valence-electron chi connectivity index (χ0n) is 15.6. The van der Waals surface area contributed by atoms with Crippen LogP contribution in [0.15, 0.2) is 47.9 Å². The van der Waals surface area contributed by atoms with Crippen LogP contribution in [-0.4, -0.2) is 35.9 Å². The third-order valence-electron chi connectivity index (χ3n) is 4.43. The molecule has 0 aliphatic carbocycles. The molecule has 1 aliphatic rings. The standard InChI is InChI=1S/C21H18FN3O3S/c1-27-20-7-5-18(24-25-20)17-11-14(22)9-13-10-15(28-21(13)17)12-23-19(26)6-4-16-3-2-8-29-16/h2-9,11,15H,10,12H2,1H3,(H,23,26). The van der Waals surface area contributed by atoms with E-state index in [9.17, 15) is 9.18 Å². The highest BCUT2D eigenvalue weighted by Gasteiger charge is 2.27. The molecule has 3 aromatic rings. The highest BCUT2D eigenvalue weighted by molar-refractivity contribution is 7.10. The molecule has 4 rings (SSSR count). The maximum absolute atomic E-state index is 14.1. The molecule has 0 saturated carbocycles. The van der Waals surface area contributed by atoms with Crippen LogP contribution in [-0.2, 0) is 11.2 Å². The van der Waals surface area contributed by atoms with Crippen molar-refractivity contribution in [3.8, 4) is 22.9 Å². The fraction of sp³-hybridized carbons (Fsp3) is 0.190. The number of hydrogen-bond acceptors (Lipinski definition) is 6. The van der Waals surface area contributed by atoms with Crippen LogP contribution in [0.2, 0.25) is 0 Å². The molecule has 1 unspecified atom stereocenters. The van der Waals surface area contributed by atoms with Gasteiger partial charge in [-0.25, -0.2) is 4.39 Å². The van der Waals surface area contributed by atoms with Crippen molar-refractivity contribution in [2.24, 2.45) is 0 Å². The van der Waals surface area contributed by atoms with Crippen LogP contribution in [0.3, 0.4) is 0 Å². The molecule has 0 saturated heterocycles. The number of carbonyl (C=O) groups is 1. The molecule has 1 aliphatic heterocycles. The fourth-order valence-corrected chi connectivity index (χ4v) is 3.71. The number of amides is 1. The van der Waals surface area contributed by atoms with Crippen molar-refractivity contribution >= 4 is 23.3 Å². The quantitative estimate of drug-likeness (QED) is 0.629. The molecule has 0 bridgehead atoms. The Morgan fingerprint density at radius 1 is 1.38 bits per heavy atom. The van der Waals surface area contributed by atoms with E-state index >= 15 is 0 Å². The molecule has 6 nitrogen and oxygen atoms in total. The second-order valence-electron chi connectivity index (χ2n) is 6.44. The monoisotopic (exact) mass is 411 g/mol. The summed E-state index contributed by atoms with van der Waals surface area (Å²) in [6, 6.07) is 10.0. The third-order valence-corrected chi connectivity index (χ3v) is 5.27. The fourth-order valence-electron chi connectivity index (χ4n) is 3.09. The summed E-state index contributed by atoms with van der Waals surface area (Å²) in [6.45, 7) is 0.317. The van der Waals surface area contributed by atoms with Gasteiger partial charge in [-0.2, -0.15) is 0 Å². The molecule has 29 heavy (non-hydrogen) atoms. The van der Waals surface area contributed by atoms with Crippen molar-refractivity contribution in [3.05, 3.63) is 64.1 Å². The van der Waals surface area contributed by atoms with E-state index in [-0.39, 0.29) is 17.8 Å². The number of fused-ring (bicyclic) bond motifs is 1. The summed E-state index contributed by atoms with van der Waals surface area (Å²) in [7, 11) is 1.50. The lowest BCUT2D eigenvalue weighted by atomic mass is 10.0. The van der Waals surface area contributed by atoms with E-state index in [1.807, 2.05) is 17.5 Å². The van der Waals surface area contributed by atoms with E-state index in [0.29, 0.717) is 35.9 Å². The normalized spacial score (nSPS) is 15.2. The average molecular weight is 411 g/mol. The number of thiophene rings is 1. The summed E-state index contributed by atoms with van der Waals surface area (Å²) >= 11 is 1.56. The Morgan fingerprint density at radius 3 is 3.00 bits per heavy atom. The van der Waals surface area contributed by atoms with Crippen LogP contribution in [0, 0.1) is 5.82 Å². The maximum atomic E-state index is 14.1. The van der Waals surface area contributed by atoms with Gasteiger partial charge in [-0.05, 0) is 35.7 Å². The number of methoxy groups -OCH3 is 1. The molecule has 3 heterocycles. The zero-order valence-corrected chi connectivity index (χ0v) is 16.4. The second-order valence-corrected chi connectivity index (χ2v) is 7.42. The van der Waals surface area contributed by atoms with Gasteiger partial charge < -0.3 is 14.8 Å². The van der Waals surface area contributed by atoms with Crippen molar-refractivity contribution in [2.75, 3.05) is 13.7 Å². The Balaban J connectivity index is 1.44. The zero-order chi connectivity index (χ0) is 20.2. The number of nitrogens with zero attached hydrogens (tertiary/aromatic N) is 2. The smallest absolute Gasteiger partial charge is 0.244 e. The van der Waals surface area contributed by atoms with Gasteiger partial charge in [-0.15, -0.1) is 21.5 Å². The molecule has 1 atom stereocenters. The number of aromatic nitrogens is 2. The van der Waals surface area contributed by atoms with Gasteiger partial charge in [-0.3, -0.25) is 4.79 Å². The molecule has 2 aromatic heterocycles. The lowest BCUT2D eigenvalue weighted by Crippen LogP contribution is -2.33. The van der Waals surface area contributed by atoms with Crippen molar-refractivity contribution in [3.63, 3.8) is 0 Å². The van der Waals surface area contributed by atoms with Gasteiger partial charge in [0.2, 0.25) is 11.8 Å². The summed E-state index contributed by atoms with van der Waals surface area (Å²) in [5.41, 5.74) is 1.76. The highest BCUT2D eigenvalue weighted by Crippen LogP contribution is 2.38. The van der Waals surface area contributed by atoms with Crippen molar-refractivity contribution in [2.45, 2.75) is 12.5 Å². The first-order valence-electron chi connectivity index (χ1n) is 8.99. The van der Waals surface area contributed by atoms with Gasteiger partial charge in [-0.1, -0.05) is 6.07 Å². The minimum absolute atomic E-state index is 0.203. The third kappa shape index (κ3) is 4.43. The predicted molar refractivity (Wildman–Crippen MR) is 108 cm³/mol. The first kappa shape index (κ1) is 19.1. The van der Waals surface area contributed by atoms with Crippen LogP contribution in [0.1, 0.15) is 10.4 Å². The van der Waals surface area contributed by atoms with E-state index in [4.69, 9.17) is 9.47 Å². The number of nitrogens with one attached hydrogen (secondary N) is 1. The summed E-state index contributed by atoms with van der Waals surface area (Å²) in [5.74, 6) is 0.368. The number of halogens is 1. The lowest BCUT2D eigenvalue weighted by molar-refractivity contribution is -0.116. The van der Waals surface area contributed by atoms with Crippen LogP contribution < -0.4 is 14.8 Å². The van der Waals surface area contributed by atoms with Gasteiger partial charge in [0, 0.05) is 34.6 Å². The Morgan fingerprint density at radius 2 is 2.28 bits per heavy atom. The van der Waals surface area contributed by atoms with E-state index < -0.39 is 0 Å². The number of hydrogen-bond donors (Lipinski definition) is 1. The van der Waals surface area contributed by atoms with E-state index in [0.717, 1.165) is 10.4 Å². The topological polar surface area (TPSA) is 73.3 Å². The molecule has 1 aromatic carbocycles. The summed E-state index contributed by atoms with van der Waals surface area (Å²) in [4.78, 5) is 13.0. The average Bonchev–Trinajstić information content (AvgIpc) is 3.39. The van der Waals surface area contributed by atoms with Gasteiger partial charge in [0.15, 0.2) is 0 Å². The minimum Gasteiger partial charge on any atom is -0.487 e. The van der Waals surface area contributed by atoms with Gasteiger partial charge in [0.1, 0.15) is 17.7 Å². The SMILES string of the molecule is COc1ccc(-c2cc(F)cc3c2OC(CNC(=O)C=Cc2cccs2)C3)nn1. The number of benzene rings is 1. The van der Waals surface area contributed by atoms with Crippen LogP contribution >= 0.6 is 11.3 Å². The minimum atomic E-state index is -0.372. The predicted octanol–water partition coefficient (Wildman–Crippen LogP) is 3.49. The summed E-state index contributed by atoms with van der Waals surface area (Å²) < 4.78 is 25.1. The van der Waals surface area contributed by atoms with E-state index in [1.54, 1.807) is 29.5 Å². The first-order valence-corrected chi connectivity index (χ1v) is 9.87.